The topological polar surface area (TPSA) is 51.7 Å². The van der Waals surface area contributed by atoms with E-state index in [4.69, 9.17) is 9.47 Å². The largest absolute Gasteiger partial charge is 0.493 e. The molecule has 1 heterocycles. The Balaban J connectivity index is 2.15. The van der Waals surface area contributed by atoms with Gasteiger partial charge in [-0.1, -0.05) is 0 Å². The van der Waals surface area contributed by atoms with Crippen LogP contribution >= 0.6 is 0 Å². The second-order valence-electron chi connectivity index (χ2n) is 4.59. The summed E-state index contributed by atoms with van der Waals surface area (Å²) in [5, 5.41) is 0. The van der Waals surface area contributed by atoms with Gasteiger partial charge in [0.1, 0.15) is 0 Å². The highest BCUT2D eigenvalue weighted by atomic mass is 16.5. The van der Waals surface area contributed by atoms with Gasteiger partial charge in [0.25, 0.3) is 5.91 Å². The Bertz CT molecular complexity index is 614. The third-order valence-corrected chi connectivity index (χ3v) is 3.15. The van der Waals surface area contributed by atoms with Crippen LogP contribution in [-0.4, -0.2) is 37.1 Å². The fraction of sp³-hybridized carbons (Fsp3) is 0.250. The molecule has 0 aliphatic heterocycles. The summed E-state index contributed by atoms with van der Waals surface area (Å²) in [6.07, 6.45) is 3.42. The van der Waals surface area contributed by atoms with E-state index >= 15 is 0 Å². The second-order valence-corrected chi connectivity index (χ2v) is 4.59. The van der Waals surface area contributed by atoms with E-state index in [9.17, 15) is 4.79 Å². The highest BCUT2D eigenvalue weighted by Crippen LogP contribution is 2.28. The fourth-order valence-corrected chi connectivity index (χ4v) is 2.02. The molecule has 0 saturated carbocycles. The van der Waals surface area contributed by atoms with E-state index in [0.717, 1.165) is 5.56 Å². The molecule has 2 rings (SSSR count). The van der Waals surface area contributed by atoms with E-state index in [1.54, 1.807) is 56.8 Å². The lowest BCUT2D eigenvalue weighted by atomic mass is 10.1. The number of aromatic nitrogens is 1. The summed E-state index contributed by atoms with van der Waals surface area (Å²) < 4.78 is 10.4. The third kappa shape index (κ3) is 3.51. The molecule has 1 amide bonds. The summed E-state index contributed by atoms with van der Waals surface area (Å²) in [5.41, 5.74) is 1.59. The molecule has 2 aromatic rings. The van der Waals surface area contributed by atoms with Crippen LogP contribution in [-0.2, 0) is 6.54 Å². The number of methoxy groups -OCH3 is 2. The van der Waals surface area contributed by atoms with Crippen LogP contribution in [0, 0.1) is 0 Å². The molecule has 0 unspecified atom stereocenters. The van der Waals surface area contributed by atoms with Crippen LogP contribution in [0.25, 0.3) is 0 Å². The molecule has 0 N–H and O–H groups in total. The van der Waals surface area contributed by atoms with Gasteiger partial charge in [0.15, 0.2) is 11.5 Å². The van der Waals surface area contributed by atoms with E-state index in [0.29, 0.717) is 23.6 Å². The van der Waals surface area contributed by atoms with Crippen molar-refractivity contribution in [2.24, 2.45) is 0 Å². The lowest BCUT2D eigenvalue weighted by Crippen LogP contribution is -2.26. The van der Waals surface area contributed by atoms with Crippen molar-refractivity contribution in [3.63, 3.8) is 0 Å². The molecule has 0 radical (unpaired) electrons. The van der Waals surface area contributed by atoms with E-state index in [1.807, 2.05) is 12.1 Å². The maximum atomic E-state index is 12.4. The number of benzene rings is 1. The first-order chi connectivity index (χ1) is 10.2. The van der Waals surface area contributed by atoms with Gasteiger partial charge >= 0.3 is 0 Å². The minimum Gasteiger partial charge on any atom is -0.493 e. The van der Waals surface area contributed by atoms with E-state index in [-0.39, 0.29) is 5.91 Å². The maximum Gasteiger partial charge on any atom is 0.254 e. The summed E-state index contributed by atoms with van der Waals surface area (Å²) in [7, 11) is 4.88. The lowest BCUT2D eigenvalue weighted by Gasteiger charge is -2.18. The van der Waals surface area contributed by atoms with Crippen molar-refractivity contribution in [3.8, 4) is 11.5 Å². The van der Waals surface area contributed by atoms with Gasteiger partial charge in [-0.2, -0.15) is 0 Å². The average Bonchev–Trinajstić information content (AvgIpc) is 2.54. The van der Waals surface area contributed by atoms with Gasteiger partial charge in [0, 0.05) is 31.5 Å². The van der Waals surface area contributed by atoms with Crippen molar-refractivity contribution in [2.45, 2.75) is 6.54 Å². The summed E-state index contributed by atoms with van der Waals surface area (Å²) >= 11 is 0. The SMILES string of the molecule is COc1ccc(C(=O)N(C)Cc2ccncc2)cc1OC. The zero-order chi connectivity index (χ0) is 15.2. The fourth-order valence-electron chi connectivity index (χ4n) is 2.02. The van der Waals surface area contributed by atoms with E-state index in [2.05, 4.69) is 4.98 Å². The Morgan fingerprint density at radius 1 is 1.10 bits per heavy atom. The normalized spacial score (nSPS) is 10.0. The minimum atomic E-state index is -0.0761. The molecule has 0 bridgehead atoms. The van der Waals surface area contributed by atoms with Crippen LogP contribution in [0.2, 0.25) is 0 Å². The standard InChI is InChI=1S/C16H18N2O3/c1-18(11-12-6-8-17-9-7-12)16(19)13-4-5-14(20-2)15(10-13)21-3/h4-10H,11H2,1-3H3. The molecule has 1 aromatic carbocycles. The minimum absolute atomic E-state index is 0.0761. The summed E-state index contributed by atoms with van der Waals surface area (Å²) in [6.45, 7) is 0.524. The molecule has 5 nitrogen and oxygen atoms in total. The zero-order valence-corrected chi connectivity index (χ0v) is 12.4. The van der Waals surface area contributed by atoms with Crippen LogP contribution in [0.15, 0.2) is 42.7 Å². The van der Waals surface area contributed by atoms with Crippen molar-refractivity contribution < 1.29 is 14.3 Å². The Kier molecular flexibility index (Phi) is 4.77. The molecule has 0 saturated heterocycles. The molecular weight excluding hydrogens is 268 g/mol. The summed E-state index contributed by atoms with van der Waals surface area (Å²) in [6, 6.07) is 8.92. The molecule has 21 heavy (non-hydrogen) atoms. The highest BCUT2D eigenvalue weighted by Gasteiger charge is 2.14. The van der Waals surface area contributed by atoms with Gasteiger partial charge < -0.3 is 14.4 Å². The first-order valence-electron chi connectivity index (χ1n) is 6.52. The van der Waals surface area contributed by atoms with Gasteiger partial charge in [0.2, 0.25) is 0 Å². The Morgan fingerprint density at radius 2 is 1.76 bits per heavy atom. The van der Waals surface area contributed by atoms with Crippen molar-refractivity contribution in [2.75, 3.05) is 21.3 Å². The highest BCUT2D eigenvalue weighted by molar-refractivity contribution is 5.94. The van der Waals surface area contributed by atoms with Crippen molar-refractivity contribution in [1.29, 1.82) is 0 Å². The quantitative estimate of drug-likeness (QED) is 0.846. The van der Waals surface area contributed by atoms with Crippen LogP contribution < -0.4 is 9.47 Å². The van der Waals surface area contributed by atoms with Crippen LogP contribution in [0.4, 0.5) is 0 Å². The smallest absolute Gasteiger partial charge is 0.254 e. The number of amides is 1. The third-order valence-electron chi connectivity index (χ3n) is 3.15. The lowest BCUT2D eigenvalue weighted by molar-refractivity contribution is 0.0784. The Hall–Kier alpha value is -2.56. The van der Waals surface area contributed by atoms with Gasteiger partial charge in [-0.3, -0.25) is 9.78 Å². The molecule has 0 fully saturated rings. The van der Waals surface area contributed by atoms with Gasteiger partial charge in [-0.15, -0.1) is 0 Å². The second kappa shape index (κ2) is 6.74. The average molecular weight is 286 g/mol. The van der Waals surface area contributed by atoms with Gasteiger partial charge in [-0.25, -0.2) is 0 Å². The molecule has 0 aliphatic carbocycles. The number of hydrogen-bond donors (Lipinski definition) is 0. The van der Waals surface area contributed by atoms with E-state index in [1.165, 1.54) is 0 Å². The molecule has 0 atom stereocenters. The van der Waals surface area contributed by atoms with Gasteiger partial charge in [-0.05, 0) is 35.9 Å². The van der Waals surface area contributed by atoms with E-state index < -0.39 is 0 Å². The van der Waals surface area contributed by atoms with Crippen LogP contribution in [0.5, 0.6) is 11.5 Å². The Labute approximate surface area is 124 Å². The number of ether oxygens (including phenoxy) is 2. The number of pyridine rings is 1. The number of hydrogen-bond acceptors (Lipinski definition) is 4. The first-order valence-corrected chi connectivity index (χ1v) is 6.52. The maximum absolute atomic E-state index is 12.4. The molecule has 0 aliphatic rings. The van der Waals surface area contributed by atoms with Crippen molar-refractivity contribution >= 4 is 5.91 Å². The molecule has 0 spiro atoms. The van der Waals surface area contributed by atoms with Crippen molar-refractivity contribution in [3.05, 3.63) is 53.9 Å². The van der Waals surface area contributed by atoms with Crippen LogP contribution in [0.1, 0.15) is 15.9 Å². The molecular formula is C16H18N2O3. The number of carbonyl (C=O) groups excluding carboxylic acids is 1. The Morgan fingerprint density at radius 3 is 2.38 bits per heavy atom. The zero-order valence-electron chi connectivity index (χ0n) is 12.4. The molecule has 110 valence electrons. The first kappa shape index (κ1) is 14.8. The predicted molar refractivity (Wildman–Crippen MR) is 79.6 cm³/mol. The van der Waals surface area contributed by atoms with Crippen LogP contribution in [0.3, 0.4) is 0 Å². The molecule has 5 heteroatoms. The number of nitrogens with zero attached hydrogens (tertiary/aromatic N) is 2. The summed E-state index contributed by atoms with van der Waals surface area (Å²) in [4.78, 5) is 18.0. The number of rotatable bonds is 5. The predicted octanol–water partition coefficient (Wildman–Crippen LogP) is 2.37. The summed E-state index contributed by atoms with van der Waals surface area (Å²) in [5.74, 6) is 1.07. The number of carbonyl (C=O) groups is 1. The van der Waals surface area contributed by atoms with Crippen molar-refractivity contribution in [1.82, 2.24) is 9.88 Å². The van der Waals surface area contributed by atoms with Gasteiger partial charge in [0.05, 0.1) is 14.2 Å². The monoisotopic (exact) mass is 286 g/mol. The molecule has 1 aromatic heterocycles.